The fraction of sp³-hybridized carbons (Fsp3) is 0.357. The Morgan fingerprint density at radius 3 is 2.22 bits per heavy atom. The van der Waals surface area contributed by atoms with E-state index < -0.39 is 42.1 Å². The van der Waals surface area contributed by atoms with Gasteiger partial charge in [-0.05, 0) is 74.9 Å². The molecule has 3 heterocycles. The Kier molecular flexibility index (Phi) is 8.37. The molecule has 45 heavy (non-hydrogen) atoms. The summed E-state index contributed by atoms with van der Waals surface area (Å²) in [5.74, 6) is -0.887. The van der Waals surface area contributed by atoms with Crippen LogP contribution < -0.4 is 10.6 Å². The van der Waals surface area contributed by atoms with Gasteiger partial charge in [-0.2, -0.15) is 36.2 Å². The summed E-state index contributed by atoms with van der Waals surface area (Å²) in [7, 11) is 0. The molecule has 238 valence electrons. The molecule has 1 aliphatic rings. The molecule has 0 radical (unpaired) electrons. The number of carbonyl (C=O) groups is 2. The topological polar surface area (TPSA) is 120 Å². The Balaban J connectivity index is 1.53. The van der Waals surface area contributed by atoms with Crippen molar-refractivity contribution in [3.8, 4) is 5.82 Å². The largest absolute Gasteiger partial charge is 0.437 e. The number of hydrogen-bond acceptors (Lipinski definition) is 6. The van der Waals surface area contributed by atoms with Gasteiger partial charge in [-0.25, -0.2) is 9.67 Å². The highest BCUT2D eigenvalue weighted by Gasteiger charge is 2.48. The molecule has 4 aromatic rings. The third-order valence-corrected chi connectivity index (χ3v) is 7.37. The number of pyridine rings is 1. The van der Waals surface area contributed by atoms with E-state index in [0.717, 1.165) is 29.2 Å². The van der Waals surface area contributed by atoms with Crippen LogP contribution in [0.2, 0.25) is 5.02 Å². The quantitative estimate of drug-likeness (QED) is 0.225. The maximum absolute atomic E-state index is 13.7. The molecule has 2 N–H and O–H groups in total. The van der Waals surface area contributed by atoms with E-state index in [1.165, 1.54) is 18.3 Å². The zero-order chi connectivity index (χ0) is 32.8. The van der Waals surface area contributed by atoms with E-state index >= 15 is 0 Å². The molecular weight excluding hydrogens is 630 g/mol. The second-order valence-electron chi connectivity index (χ2n) is 10.7. The van der Waals surface area contributed by atoms with E-state index in [-0.39, 0.29) is 44.3 Å². The fourth-order valence-electron chi connectivity index (χ4n) is 4.80. The molecule has 1 unspecified atom stereocenters. The molecule has 3 aromatic heterocycles. The van der Waals surface area contributed by atoms with Crippen molar-refractivity contribution >= 4 is 29.1 Å². The molecule has 17 heteroatoms. The van der Waals surface area contributed by atoms with Gasteiger partial charge < -0.3 is 10.6 Å². The summed E-state index contributed by atoms with van der Waals surface area (Å²) < 4.78 is 80.8. The van der Waals surface area contributed by atoms with E-state index in [9.17, 15) is 35.9 Å². The summed E-state index contributed by atoms with van der Waals surface area (Å²) in [5.41, 5.74) is -3.10. The lowest BCUT2D eigenvalue weighted by Gasteiger charge is -2.18. The number of amides is 2. The van der Waals surface area contributed by atoms with E-state index in [1.807, 2.05) is 6.92 Å². The van der Waals surface area contributed by atoms with Gasteiger partial charge in [0.15, 0.2) is 17.2 Å². The van der Waals surface area contributed by atoms with Crippen molar-refractivity contribution in [1.82, 2.24) is 35.1 Å². The summed E-state index contributed by atoms with van der Waals surface area (Å²) in [5, 5.41) is 15.9. The summed E-state index contributed by atoms with van der Waals surface area (Å²) in [4.78, 5) is 31.3. The standard InChI is InChI=1S/C28H25ClF6N8O2/c1-13-9-14(2)21(18(10-13)25(44)37-15(3)16-6-7-16)38-26(45)20-11-17(39-43(20)24-19(29)5-4-8-36-24)12-42-40-22(27(30,31)32)23(41-42)28(33,34)35/h4-5,8-11,15-16H,6-7,12H2,1-3H3,(H,37,44)(H,38,45). The molecule has 1 atom stereocenters. The molecule has 1 aromatic carbocycles. The van der Waals surface area contributed by atoms with Gasteiger partial charge in [0.1, 0.15) is 12.2 Å². The van der Waals surface area contributed by atoms with Crippen molar-refractivity contribution in [3.05, 3.63) is 81.0 Å². The minimum absolute atomic E-state index is 0.0396. The third-order valence-electron chi connectivity index (χ3n) is 7.08. The van der Waals surface area contributed by atoms with Crippen molar-refractivity contribution < 1.29 is 35.9 Å². The van der Waals surface area contributed by atoms with Gasteiger partial charge in [0, 0.05) is 12.2 Å². The number of carbonyl (C=O) groups excluding carboxylic acids is 2. The van der Waals surface area contributed by atoms with Crippen molar-refractivity contribution in [2.75, 3.05) is 5.32 Å². The van der Waals surface area contributed by atoms with Gasteiger partial charge in [-0.15, -0.1) is 10.2 Å². The lowest BCUT2D eigenvalue weighted by molar-refractivity contribution is -0.165. The van der Waals surface area contributed by atoms with Crippen molar-refractivity contribution in [2.24, 2.45) is 5.92 Å². The van der Waals surface area contributed by atoms with Crippen molar-refractivity contribution in [3.63, 3.8) is 0 Å². The molecule has 2 amide bonds. The molecule has 1 saturated carbocycles. The van der Waals surface area contributed by atoms with Crippen LogP contribution in [-0.2, 0) is 18.9 Å². The highest BCUT2D eigenvalue weighted by molar-refractivity contribution is 6.32. The Morgan fingerprint density at radius 2 is 1.64 bits per heavy atom. The number of benzene rings is 1. The average Bonchev–Trinajstić information content (AvgIpc) is 3.56. The zero-order valence-electron chi connectivity index (χ0n) is 23.9. The SMILES string of the molecule is Cc1cc(C)c(NC(=O)c2cc(Cn3nc(C(F)(F)F)c(C(F)(F)F)n3)nn2-c2ncccc2Cl)c(C(=O)NC(C)C2CC2)c1. The fourth-order valence-corrected chi connectivity index (χ4v) is 5.00. The zero-order valence-corrected chi connectivity index (χ0v) is 24.6. The number of rotatable bonds is 8. The molecule has 5 rings (SSSR count). The molecule has 1 aliphatic carbocycles. The Hall–Kier alpha value is -4.47. The van der Waals surface area contributed by atoms with Crippen LogP contribution in [0.15, 0.2) is 36.5 Å². The second kappa shape index (κ2) is 11.8. The summed E-state index contributed by atoms with van der Waals surface area (Å²) in [6.07, 6.45) is -7.51. The van der Waals surface area contributed by atoms with Crippen LogP contribution in [-0.4, -0.2) is 47.6 Å². The van der Waals surface area contributed by atoms with Gasteiger partial charge in [-0.1, -0.05) is 17.7 Å². The first-order valence-corrected chi connectivity index (χ1v) is 13.9. The lowest BCUT2D eigenvalue weighted by Crippen LogP contribution is -2.35. The molecule has 0 aliphatic heterocycles. The minimum Gasteiger partial charge on any atom is -0.349 e. The molecule has 1 fully saturated rings. The van der Waals surface area contributed by atoms with E-state index in [1.54, 1.807) is 26.0 Å². The monoisotopic (exact) mass is 654 g/mol. The first kappa shape index (κ1) is 31.9. The first-order valence-electron chi connectivity index (χ1n) is 13.6. The number of aromatic nitrogens is 6. The number of halogens is 7. The summed E-state index contributed by atoms with van der Waals surface area (Å²) >= 11 is 6.29. The average molecular weight is 655 g/mol. The summed E-state index contributed by atoms with van der Waals surface area (Å²) in [6, 6.07) is 7.38. The highest BCUT2D eigenvalue weighted by atomic mass is 35.5. The predicted octanol–water partition coefficient (Wildman–Crippen LogP) is 6.00. The van der Waals surface area contributed by atoms with Gasteiger partial charge in [0.2, 0.25) is 0 Å². The molecule has 0 bridgehead atoms. The molecule has 10 nitrogen and oxygen atoms in total. The maximum Gasteiger partial charge on any atom is 0.437 e. The Labute approximate surface area is 256 Å². The molecular formula is C28H25ClF6N8O2. The number of nitrogens with one attached hydrogen (secondary N) is 2. The number of hydrogen-bond donors (Lipinski definition) is 2. The highest BCUT2D eigenvalue weighted by Crippen LogP contribution is 2.38. The van der Waals surface area contributed by atoms with E-state index in [4.69, 9.17) is 11.6 Å². The third kappa shape index (κ3) is 6.95. The molecule has 0 saturated heterocycles. The van der Waals surface area contributed by atoms with Gasteiger partial charge in [0.05, 0.1) is 22.0 Å². The Morgan fingerprint density at radius 1 is 1.00 bits per heavy atom. The minimum atomic E-state index is -5.43. The van der Waals surface area contributed by atoms with Crippen LogP contribution in [0, 0.1) is 19.8 Å². The van der Waals surface area contributed by atoms with Crippen LogP contribution in [0.5, 0.6) is 0 Å². The first-order chi connectivity index (χ1) is 21.0. The van der Waals surface area contributed by atoms with E-state index in [0.29, 0.717) is 11.5 Å². The predicted molar refractivity (Wildman–Crippen MR) is 149 cm³/mol. The van der Waals surface area contributed by atoms with Crippen LogP contribution in [0.4, 0.5) is 32.0 Å². The smallest absolute Gasteiger partial charge is 0.349 e. The van der Waals surface area contributed by atoms with Gasteiger partial charge in [0.25, 0.3) is 11.8 Å². The number of nitrogens with zero attached hydrogens (tertiary/aromatic N) is 6. The van der Waals surface area contributed by atoms with Crippen LogP contribution in [0.1, 0.15) is 68.8 Å². The Bertz CT molecular complexity index is 1750. The van der Waals surface area contributed by atoms with Crippen LogP contribution in [0.3, 0.4) is 0 Å². The van der Waals surface area contributed by atoms with Crippen LogP contribution >= 0.6 is 11.6 Å². The normalized spacial score (nSPS) is 14.4. The number of anilines is 1. The van der Waals surface area contributed by atoms with Crippen LogP contribution in [0.25, 0.3) is 5.82 Å². The van der Waals surface area contributed by atoms with E-state index in [2.05, 4.69) is 30.9 Å². The second-order valence-corrected chi connectivity index (χ2v) is 11.1. The lowest BCUT2D eigenvalue weighted by atomic mass is 10.0. The van der Waals surface area contributed by atoms with Gasteiger partial charge in [-0.3, -0.25) is 9.59 Å². The van der Waals surface area contributed by atoms with Crippen molar-refractivity contribution in [2.45, 2.75) is 58.6 Å². The maximum atomic E-state index is 13.7. The van der Waals surface area contributed by atoms with Gasteiger partial charge >= 0.3 is 12.4 Å². The summed E-state index contributed by atoms with van der Waals surface area (Å²) in [6.45, 7) is 4.62. The number of alkyl halides is 6. The number of aryl methyl sites for hydroxylation is 2. The molecule has 0 spiro atoms. The van der Waals surface area contributed by atoms with Crippen molar-refractivity contribution in [1.29, 1.82) is 0 Å².